The van der Waals surface area contributed by atoms with Crippen molar-refractivity contribution in [2.24, 2.45) is 11.8 Å². The molecule has 0 aromatic rings. The summed E-state index contributed by atoms with van der Waals surface area (Å²) in [5, 5.41) is 19.7. The van der Waals surface area contributed by atoms with Crippen LogP contribution in [0.2, 0.25) is 0 Å². The van der Waals surface area contributed by atoms with Crippen molar-refractivity contribution in [1.82, 2.24) is 5.32 Å². The van der Waals surface area contributed by atoms with Crippen LogP contribution in [0.15, 0.2) is 0 Å². The second kappa shape index (κ2) is 6.02. The molecule has 15 heavy (non-hydrogen) atoms. The summed E-state index contributed by atoms with van der Waals surface area (Å²) in [5.41, 5.74) is 0. The van der Waals surface area contributed by atoms with Gasteiger partial charge < -0.3 is 10.4 Å². The van der Waals surface area contributed by atoms with E-state index in [2.05, 4.69) is 5.32 Å². The number of carbonyl (C=O) groups excluding carboxylic acids is 1. The number of carbonyl (C=O) groups is 2. The van der Waals surface area contributed by atoms with Crippen molar-refractivity contribution in [3.8, 4) is 6.07 Å². The zero-order chi connectivity index (χ0) is 12.0. The van der Waals surface area contributed by atoms with E-state index in [4.69, 9.17) is 10.4 Å². The third kappa shape index (κ3) is 4.45. The highest BCUT2D eigenvalue weighted by molar-refractivity contribution is 5.84. The molecule has 0 heterocycles. The molecule has 1 amide bonds. The molecule has 2 atom stereocenters. The highest BCUT2D eigenvalue weighted by atomic mass is 16.4. The van der Waals surface area contributed by atoms with E-state index in [-0.39, 0.29) is 18.2 Å². The third-order valence-electron chi connectivity index (χ3n) is 2.07. The summed E-state index contributed by atoms with van der Waals surface area (Å²) < 4.78 is 0. The Morgan fingerprint density at radius 2 is 1.93 bits per heavy atom. The van der Waals surface area contributed by atoms with E-state index in [1.165, 1.54) is 0 Å². The molecule has 0 aromatic heterocycles. The number of hydrogen-bond acceptors (Lipinski definition) is 3. The second-order valence-corrected chi connectivity index (χ2v) is 3.82. The Hall–Kier alpha value is -1.57. The second-order valence-electron chi connectivity index (χ2n) is 3.82. The Balaban J connectivity index is 4.49. The summed E-state index contributed by atoms with van der Waals surface area (Å²) in [6, 6.07) is 0.904. The summed E-state index contributed by atoms with van der Waals surface area (Å²) in [6.45, 7) is 5.00. The van der Waals surface area contributed by atoms with Crippen molar-refractivity contribution < 1.29 is 14.7 Å². The lowest BCUT2D eigenvalue weighted by atomic mass is 9.98. The van der Waals surface area contributed by atoms with Crippen molar-refractivity contribution in [3.63, 3.8) is 0 Å². The molecule has 0 unspecified atom stereocenters. The van der Waals surface area contributed by atoms with Gasteiger partial charge in [-0.15, -0.1) is 0 Å². The molecule has 2 N–H and O–H groups in total. The molecule has 84 valence electrons. The zero-order valence-corrected chi connectivity index (χ0v) is 9.15. The van der Waals surface area contributed by atoms with Gasteiger partial charge in [-0.1, -0.05) is 20.8 Å². The van der Waals surface area contributed by atoms with Gasteiger partial charge in [0.1, 0.15) is 6.04 Å². The number of carboxylic acids is 1. The Morgan fingerprint density at radius 1 is 1.40 bits per heavy atom. The maximum Gasteiger partial charge on any atom is 0.326 e. The van der Waals surface area contributed by atoms with Crippen LogP contribution in [0, 0.1) is 23.2 Å². The average Bonchev–Trinajstić information content (AvgIpc) is 2.13. The summed E-state index contributed by atoms with van der Waals surface area (Å²) in [4.78, 5) is 22.2. The third-order valence-corrected chi connectivity index (χ3v) is 2.07. The molecule has 0 bridgehead atoms. The van der Waals surface area contributed by atoms with Gasteiger partial charge >= 0.3 is 5.97 Å². The maximum atomic E-state index is 11.3. The number of carboxylic acid groups (broad SMARTS) is 1. The van der Waals surface area contributed by atoms with Crippen molar-refractivity contribution in [3.05, 3.63) is 0 Å². The van der Waals surface area contributed by atoms with E-state index >= 15 is 0 Å². The van der Waals surface area contributed by atoms with Crippen LogP contribution in [0.25, 0.3) is 0 Å². The Morgan fingerprint density at radius 3 is 2.27 bits per heavy atom. The standard InChI is InChI=1S/C10H16N2O3/c1-6(2)9(13)12-8(10(14)15)7(3)4-5-11/h6-8H,4H2,1-3H3,(H,12,13)(H,14,15)/t7-,8+/m1/s1. The first-order chi connectivity index (χ1) is 6.90. The Bertz CT molecular complexity index is 281. The van der Waals surface area contributed by atoms with E-state index < -0.39 is 17.9 Å². The molecule has 0 rings (SSSR count). The van der Waals surface area contributed by atoms with E-state index in [9.17, 15) is 9.59 Å². The summed E-state index contributed by atoms with van der Waals surface area (Å²) >= 11 is 0. The lowest BCUT2D eigenvalue weighted by Crippen LogP contribution is -2.46. The maximum absolute atomic E-state index is 11.3. The van der Waals surface area contributed by atoms with E-state index in [1.807, 2.05) is 6.07 Å². The minimum Gasteiger partial charge on any atom is -0.480 e. The largest absolute Gasteiger partial charge is 0.480 e. The Labute approximate surface area is 89.1 Å². The van der Waals surface area contributed by atoms with Gasteiger partial charge in [-0.05, 0) is 0 Å². The van der Waals surface area contributed by atoms with Crippen LogP contribution < -0.4 is 5.32 Å². The van der Waals surface area contributed by atoms with E-state index in [1.54, 1.807) is 20.8 Å². The molecule has 0 aromatic carbocycles. The van der Waals surface area contributed by atoms with Crippen LogP contribution >= 0.6 is 0 Å². The highest BCUT2D eigenvalue weighted by Gasteiger charge is 2.26. The lowest BCUT2D eigenvalue weighted by Gasteiger charge is -2.20. The van der Waals surface area contributed by atoms with Gasteiger partial charge in [0.25, 0.3) is 0 Å². The smallest absolute Gasteiger partial charge is 0.326 e. The van der Waals surface area contributed by atoms with Crippen LogP contribution in [0.4, 0.5) is 0 Å². The van der Waals surface area contributed by atoms with Crippen LogP contribution in [-0.4, -0.2) is 23.0 Å². The van der Waals surface area contributed by atoms with E-state index in [0.717, 1.165) is 0 Å². The predicted octanol–water partition coefficient (Wildman–Crippen LogP) is 0.762. The lowest BCUT2D eigenvalue weighted by molar-refractivity contribution is -0.143. The van der Waals surface area contributed by atoms with Crippen molar-refractivity contribution in [2.75, 3.05) is 0 Å². The summed E-state index contributed by atoms with van der Waals surface area (Å²) in [6.07, 6.45) is 0.106. The molecule has 0 spiro atoms. The minimum atomic E-state index is -1.10. The molecule has 0 fully saturated rings. The van der Waals surface area contributed by atoms with Crippen LogP contribution in [0.1, 0.15) is 27.2 Å². The fourth-order valence-electron chi connectivity index (χ4n) is 1.03. The van der Waals surface area contributed by atoms with Crippen molar-refractivity contribution in [1.29, 1.82) is 5.26 Å². The number of amides is 1. The number of nitriles is 1. The molecular weight excluding hydrogens is 196 g/mol. The molecule has 0 aliphatic heterocycles. The molecule has 0 saturated heterocycles. The first-order valence-corrected chi connectivity index (χ1v) is 4.80. The van der Waals surface area contributed by atoms with Crippen LogP contribution in [0.5, 0.6) is 0 Å². The molecule has 0 saturated carbocycles. The van der Waals surface area contributed by atoms with Crippen molar-refractivity contribution in [2.45, 2.75) is 33.2 Å². The summed E-state index contributed by atoms with van der Waals surface area (Å²) in [5.74, 6) is -2.07. The van der Waals surface area contributed by atoms with Gasteiger partial charge in [0, 0.05) is 18.3 Å². The van der Waals surface area contributed by atoms with Gasteiger partial charge in [-0.25, -0.2) is 4.79 Å². The zero-order valence-electron chi connectivity index (χ0n) is 9.15. The number of hydrogen-bond donors (Lipinski definition) is 2. The van der Waals surface area contributed by atoms with Gasteiger partial charge in [-0.2, -0.15) is 5.26 Å². The SMILES string of the molecule is CC(C)C(=O)N[C@H](C(=O)O)[C@H](C)CC#N. The fourth-order valence-corrected chi connectivity index (χ4v) is 1.03. The molecule has 0 aliphatic carbocycles. The quantitative estimate of drug-likeness (QED) is 0.704. The van der Waals surface area contributed by atoms with Crippen LogP contribution in [0.3, 0.4) is 0 Å². The topological polar surface area (TPSA) is 90.2 Å². The number of nitrogens with one attached hydrogen (secondary N) is 1. The minimum absolute atomic E-state index is 0.106. The van der Waals surface area contributed by atoms with Crippen molar-refractivity contribution >= 4 is 11.9 Å². The number of rotatable bonds is 5. The monoisotopic (exact) mass is 212 g/mol. The van der Waals surface area contributed by atoms with Gasteiger partial charge in [0.2, 0.25) is 5.91 Å². The fraction of sp³-hybridized carbons (Fsp3) is 0.700. The number of nitrogens with zero attached hydrogens (tertiary/aromatic N) is 1. The molecule has 5 nitrogen and oxygen atoms in total. The van der Waals surface area contributed by atoms with Gasteiger partial charge in [0.15, 0.2) is 0 Å². The average molecular weight is 212 g/mol. The Kier molecular flexibility index (Phi) is 5.39. The first kappa shape index (κ1) is 13.4. The van der Waals surface area contributed by atoms with Gasteiger partial charge in [0.05, 0.1) is 6.07 Å². The normalized spacial score (nSPS) is 14.1. The highest BCUT2D eigenvalue weighted by Crippen LogP contribution is 2.08. The first-order valence-electron chi connectivity index (χ1n) is 4.80. The molecule has 0 radical (unpaired) electrons. The molecule has 0 aliphatic rings. The molecule has 5 heteroatoms. The molecular formula is C10H16N2O3. The predicted molar refractivity (Wildman–Crippen MR) is 53.8 cm³/mol. The van der Waals surface area contributed by atoms with E-state index in [0.29, 0.717) is 0 Å². The summed E-state index contributed by atoms with van der Waals surface area (Å²) in [7, 11) is 0. The van der Waals surface area contributed by atoms with Crippen LogP contribution in [-0.2, 0) is 9.59 Å². The number of aliphatic carboxylic acids is 1. The van der Waals surface area contributed by atoms with Gasteiger partial charge in [-0.3, -0.25) is 4.79 Å².